The van der Waals surface area contributed by atoms with Gasteiger partial charge in [0.1, 0.15) is 11.5 Å². The minimum Gasteiger partial charge on any atom is -0.497 e. The highest BCUT2D eigenvalue weighted by Crippen LogP contribution is 2.40. The zero-order chi connectivity index (χ0) is 11.5. The zero-order valence-corrected chi connectivity index (χ0v) is 11.1. The highest BCUT2D eigenvalue weighted by atomic mass is 35.5. The molecule has 1 aromatic rings. The molecule has 0 radical (unpaired) electrons. The van der Waals surface area contributed by atoms with Gasteiger partial charge in [0.05, 0.1) is 14.2 Å². The van der Waals surface area contributed by atoms with Crippen LogP contribution in [-0.2, 0) is 0 Å². The summed E-state index contributed by atoms with van der Waals surface area (Å²) in [4.78, 5) is 0. The van der Waals surface area contributed by atoms with Crippen LogP contribution in [-0.4, -0.2) is 14.2 Å². The minimum absolute atomic E-state index is 0. The first kappa shape index (κ1) is 14.1. The SMILES string of the molecule is COc1ccc(OC)c([C@H](N)C2CCC2)c1.Cl. The van der Waals surface area contributed by atoms with E-state index < -0.39 is 0 Å². The molecule has 0 unspecified atom stereocenters. The molecule has 1 saturated carbocycles. The summed E-state index contributed by atoms with van der Waals surface area (Å²) in [5, 5.41) is 0. The van der Waals surface area contributed by atoms with E-state index in [0.29, 0.717) is 5.92 Å². The average Bonchev–Trinajstić information content (AvgIpc) is 2.25. The molecule has 17 heavy (non-hydrogen) atoms. The van der Waals surface area contributed by atoms with Crippen molar-refractivity contribution in [1.82, 2.24) is 0 Å². The molecule has 4 heteroatoms. The van der Waals surface area contributed by atoms with Crippen LogP contribution in [0.4, 0.5) is 0 Å². The number of ether oxygens (including phenoxy) is 2. The molecular weight excluding hydrogens is 238 g/mol. The van der Waals surface area contributed by atoms with Gasteiger partial charge in [0, 0.05) is 11.6 Å². The van der Waals surface area contributed by atoms with Crippen LogP contribution in [0.3, 0.4) is 0 Å². The number of rotatable bonds is 4. The number of methoxy groups -OCH3 is 2. The molecule has 0 aliphatic heterocycles. The van der Waals surface area contributed by atoms with Crippen molar-refractivity contribution in [2.75, 3.05) is 14.2 Å². The Morgan fingerprint density at radius 1 is 1.24 bits per heavy atom. The molecule has 0 heterocycles. The molecule has 1 aliphatic carbocycles. The molecular formula is C13H20ClNO2. The van der Waals surface area contributed by atoms with Gasteiger partial charge < -0.3 is 15.2 Å². The third-order valence-corrected chi connectivity index (χ3v) is 3.45. The fourth-order valence-electron chi connectivity index (χ4n) is 2.15. The Bertz CT molecular complexity index is 366. The second-order valence-corrected chi connectivity index (χ2v) is 4.32. The van der Waals surface area contributed by atoms with E-state index in [9.17, 15) is 0 Å². The minimum atomic E-state index is 0. The van der Waals surface area contributed by atoms with Gasteiger partial charge in [0.15, 0.2) is 0 Å². The van der Waals surface area contributed by atoms with Crippen LogP contribution in [0, 0.1) is 5.92 Å². The van der Waals surface area contributed by atoms with Crippen molar-refractivity contribution in [2.24, 2.45) is 11.7 Å². The molecule has 1 aliphatic rings. The van der Waals surface area contributed by atoms with Crippen LogP contribution in [0.2, 0.25) is 0 Å². The van der Waals surface area contributed by atoms with Crippen LogP contribution >= 0.6 is 12.4 Å². The van der Waals surface area contributed by atoms with Crippen LogP contribution in [0.25, 0.3) is 0 Å². The molecule has 1 aromatic carbocycles. The van der Waals surface area contributed by atoms with Gasteiger partial charge in [-0.2, -0.15) is 0 Å². The maximum absolute atomic E-state index is 6.26. The average molecular weight is 258 g/mol. The number of halogens is 1. The summed E-state index contributed by atoms with van der Waals surface area (Å²) in [6, 6.07) is 5.88. The number of nitrogens with two attached hydrogens (primary N) is 1. The number of hydrogen-bond acceptors (Lipinski definition) is 3. The fraction of sp³-hybridized carbons (Fsp3) is 0.538. The highest BCUT2D eigenvalue weighted by molar-refractivity contribution is 5.85. The Morgan fingerprint density at radius 3 is 2.41 bits per heavy atom. The predicted octanol–water partition coefficient (Wildman–Crippen LogP) is 2.93. The second kappa shape index (κ2) is 6.12. The largest absolute Gasteiger partial charge is 0.497 e. The van der Waals surface area contributed by atoms with Crippen molar-refractivity contribution in [2.45, 2.75) is 25.3 Å². The molecule has 1 atom stereocenters. The molecule has 0 bridgehead atoms. The van der Waals surface area contributed by atoms with Gasteiger partial charge in [-0.1, -0.05) is 6.42 Å². The van der Waals surface area contributed by atoms with Gasteiger partial charge >= 0.3 is 0 Å². The normalized spacial score (nSPS) is 16.6. The maximum atomic E-state index is 6.26. The van der Waals surface area contributed by atoms with Gasteiger partial charge in [-0.25, -0.2) is 0 Å². The van der Waals surface area contributed by atoms with E-state index in [0.717, 1.165) is 17.1 Å². The van der Waals surface area contributed by atoms with E-state index >= 15 is 0 Å². The zero-order valence-electron chi connectivity index (χ0n) is 10.3. The number of hydrogen-bond donors (Lipinski definition) is 1. The molecule has 0 saturated heterocycles. The molecule has 3 nitrogen and oxygen atoms in total. The monoisotopic (exact) mass is 257 g/mol. The van der Waals surface area contributed by atoms with Crippen molar-refractivity contribution < 1.29 is 9.47 Å². The van der Waals surface area contributed by atoms with E-state index in [1.807, 2.05) is 18.2 Å². The maximum Gasteiger partial charge on any atom is 0.123 e. The molecule has 1 fully saturated rings. The lowest BCUT2D eigenvalue weighted by Crippen LogP contribution is -2.27. The lowest BCUT2D eigenvalue weighted by Gasteiger charge is -2.32. The van der Waals surface area contributed by atoms with Gasteiger partial charge in [-0.05, 0) is 37.0 Å². The van der Waals surface area contributed by atoms with Crippen molar-refractivity contribution in [3.05, 3.63) is 23.8 Å². The van der Waals surface area contributed by atoms with Crippen LogP contribution in [0.1, 0.15) is 30.9 Å². The van der Waals surface area contributed by atoms with E-state index in [4.69, 9.17) is 15.2 Å². The third kappa shape index (κ3) is 2.85. The van der Waals surface area contributed by atoms with Crippen molar-refractivity contribution >= 4 is 12.4 Å². The Kier molecular flexibility index (Phi) is 5.09. The summed E-state index contributed by atoms with van der Waals surface area (Å²) in [5.41, 5.74) is 7.33. The molecule has 0 spiro atoms. The van der Waals surface area contributed by atoms with Gasteiger partial charge in [0.2, 0.25) is 0 Å². The van der Waals surface area contributed by atoms with Crippen LogP contribution in [0.15, 0.2) is 18.2 Å². The highest BCUT2D eigenvalue weighted by Gasteiger charge is 2.27. The lowest BCUT2D eigenvalue weighted by molar-refractivity contribution is 0.259. The molecule has 2 N–H and O–H groups in total. The predicted molar refractivity (Wildman–Crippen MR) is 71.1 cm³/mol. The Morgan fingerprint density at radius 2 is 1.94 bits per heavy atom. The summed E-state index contributed by atoms with van der Waals surface area (Å²) in [6.07, 6.45) is 3.74. The first-order valence-corrected chi connectivity index (χ1v) is 5.73. The van der Waals surface area contributed by atoms with Crippen LogP contribution < -0.4 is 15.2 Å². The number of benzene rings is 1. The summed E-state index contributed by atoms with van der Waals surface area (Å²) in [6.45, 7) is 0. The Balaban J connectivity index is 0.00000144. The smallest absolute Gasteiger partial charge is 0.123 e. The van der Waals surface area contributed by atoms with Gasteiger partial charge in [-0.3, -0.25) is 0 Å². The van der Waals surface area contributed by atoms with Crippen molar-refractivity contribution in [3.63, 3.8) is 0 Å². The third-order valence-electron chi connectivity index (χ3n) is 3.45. The van der Waals surface area contributed by atoms with Crippen molar-refractivity contribution in [1.29, 1.82) is 0 Å². The van der Waals surface area contributed by atoms with E-state index in [2.05, 4.69) is 0 Å². The topological polar surface area (TPSA) is 44.5 Å². The summed E-state index contributed by atoms with van der Waals surface area (Å²) < 4.78 is 10.6. The lowest BCUT2D eigenvalue weighted by atomic mass is 9.77. The molecule has 96 valence electrons. The second-order valence-electron chi connectivity index (χ2n) is 4.32. The molecule has 0 amide bonds. The van der Waals surface area contributed by atoms with Crippen molar-refractivity contribution in [3.8, 4) is 11.5 Å². The summed E-state index contributed by atoms with van der Waals surface area (Å²) >= 11 is 0. The molecule has 2 rings (SSSR count). The van der Waals surface area contributed by atoms with Gasteiger partial charge in [0.25, 0.3) is 0 Å². The first-order chi connectivity index (χ1) is 7.76. The standard InChI is InChI=1S/C13H19NO2.ClH/c1-15-10-6-7-12(16-2)11(8-10)13(14)9-4-3-5-9;/h6-9,13H,3-5,14H2,1-2H3;1H/t13-;/m1./s1. The van der Waals surface area contributed by atoms with E-state index in [1.165, 1.54) is 19.3 Å². The summed E-state index contributed by atoms with van der Waals surface area (Å²) in [7, 11) is 3.35. The van der Waals surface area contributed by atoms with E-state index in [-0.39, 0.29) is 18.4 Å². The van der Waals surface area contributed by atoms with Gasteiger partial charge in [-0.15, -0.1) is 12.4 Å². The summed E-state index contributed by atoms with van der Waals surface area (Å²) in [5.74, 6) is 2.30. The first-order valence-electron chi connectivity index (χ1n) is 5.73. The Labute approximate surface area is 109 Å². The Hall–Kier alpha value is -0.930. The molecule has 0 aromatic heterocycles. The fourth-order valence-corrected chi connectivity index (χ4v) is 2.15. The quantitative estimate of drug-likeness (QED) is 0.902. The van der Waals surface area contributed by atoms with Crippen LogP contribution in [0.5, 0.6) is 11.5 Å². The van der Waals surface area contributed by atoms with E-state index in [1.54, 1.807) is 14.2 Å².